The van der Waals surface area contributed by atoms with Crippen LogP contribution in [0.25, 0.3) is 16.9 Å². The van der Waals surface area contributed by atoms with Gasteiger partial charge in [-0.15, -0.1) is 0 Å². The van der Waals surface area contributed by atoms with E-state index in [-0.39, 0.29) is 42.1 Å². The van der Waals surface area contributed by atoms with Crippen LogP contribution in [0.3, 0.4) is 0 Å². The van der Waals surface area contributed by atoms with Crippen molar-refractivity contribution in [3.05, 3.63) is 64.4 Å². The molecule has 0 saturated heterocycles. The molecule has 0 heterocycles. The SMILES string of the molecule is CC(=O)Nc1ccc(-c2ccc(O)c3c2CC2CC4CC(=O)C(C(N)=O)=C(O)C4(O)C(=O)C2=C3O)cc1. The molecular formula is C27H24N2O8. The maximum Gasteiger partial charge on any atom is 0.255 e. The number of aliphatic hydroxyl groups is 3. The highest BCUT2D eigenvalue weighted by molar-refractivity contribution is 6.22. The fraction of sp³-hybridized carbons (Fsp3) is 0.259. The molecule has 3 unspecified atom stereocenters. The molecule has 10 heteroatoms. The fourth-order valence-electron chi connectivity index (χ4n) is 5.83. The number of primary amides is 1. The Labute approximate surface area is 210 Å². The van der Waals surface area contributed by atoms with Gasteiger partial charge in [0.05, 0.1) is 5.56 Å². The summed E-state index contributed by atoms with van der Waals surface area (Å²) < 4.78 is 0. The molecule has 3 atom stereocenters. The number of aliphatic hydroxyl groups excluding tert-OH is 2. The number of rotatable bonds is 3. The summed E-state index contributed by atoms with van der Waals surface area (Å²) in [6, 6.07) is 10.0. The number of hydrogen-bond donors (Lipinski definition) is 6. The van der Waals surface area contributed by atoms with Crippen LogP contribution in [-0.2, 0) is 25.6 Å². The van der Waals surface area contributed by atoms with Crippen LogP contribution in [-0.4, -0.2) is 49.4 Å². The number of nitrogens with one attached hydrogen (secondary N) is 1. The highest BCUT2D eigenvalue weighted by Crippen LogP contribution is 2.53. The molecule has 37 heavy (non-hydrogen) atoms. The Balaban J connectivity index is 1.64. The molecule has 190 valence electrons. The van der Waals surface area contributed by atoms with Gasteiger partial charge in [0.15, 0.2) is 11.4 Å². The van der Waals surface area contributed by atoms with E-state index < -0.39 is 52.0 Å². The van der Waals surface area contributed by atoms with Crippen LogP contribution < -0.4 is 11.1 Å². The summed E-state index contributed by atoms with van der Waals surface area (Å²) in [6.07, 6.45) is -0.121. The zero-order chi connectivity index (χ0) is 26.8. The van der Waals surface area contributed by atoms with Crippen LogP contribution >= 0.6 is 0 Å². The van der Waals surface area contributed by atoms with Crippen LogP contribution in [0.5, 0.6) is 5.75 Å². The van der Waals surface area contributed by atoms with Crippen LogP contribution in [0, 0.1) is 11.8 Å². The minimum Gasteiger partial charge on any atom is -0.508 e. The van der Waals surface area contributed by atoms with Gasteiger partial charge in [0.1, 0.15) is 22.8 Å². The largest absolute Gasteiger partial charge is 0.508 e. The second-order valence-electron chi connectivity index (χ2n) is 9.65. The van der Waals surface area contributed by atoms with Crippen molar-refractivity contribution in [2.45, 2.75) is 31.8 Å². The lowest BCUT2D eigenvalue weighted by atomic mass is 9.59. The smallest absolute Gasteiger partial charge is 0.255 e. The summed E-state index contributed by atoms with van der Waals surface area (Å²) in [6.45, 7) is 1.40. The third-order valence-electron chi connectivity index (χ3n) is 7.46. The Morgan fingerprint density at radius 2 is 1.70 bits per heavy atom. The van der Waals surface area contributed by atoms with Crippen molar-refractivity contribution in [2.24, 2.45) is 17.6 Å². The van der Waals surface area contributed by atoms with Gasteiger partial charge in [-0.2, -0.15) is 0 Å². The quantitative estimate of drug-likeness (QED) is 0.343. The number of amides is 2. The van der Waals surface area contributed by atoms with Gasteiger partial charge in [-0.25, -0.2) is 0 Å². The third kappa shape index (κ3) is 3.52. The van der Waals surface area contributed by atoms with E-state index in [2.05, 4.69) is 5.32 Å². The number of hydrogen-bond acceptors (Lipinski definition) is 8. The molecule has 0 aliphatic heterocycles. The molecule has 5 rings (SSSR count). The van der Waals surface area contributed by atoms with E-state index in [0.29, 0.717) is 16.8 Å². The number of carbonyl (C=O) groups is 4. The van der Waals surface area contributed by atoms with Crippen LogP contribution in [0.1, 0.15) is 30.9 Å². The maximum atomic E-state index is 13.6. The predicted octanol–water partition coefficient (Wildman–Crippen LogP) is 2.05. The molecule has 1 fully saturated rings. The van der Waals surface area contributed by atoms with Crippen molar-refractivity contribution in [2.75, 3.05) is 5.32 Å². The van der Waals surface area contributed by atoms with E-state index in [9.17, 15) is 39.6 Å². The first-order chi connectivity index (χ1) is 17.4. The summed E-state index contributed by atoms with van der Waals surface area (Å²) >= 11 is 0. The van der Waals surface area contributed by atoms with E-state index in [4.69, 9.17) is 5.73 Å². The number of phenols is 1. The van der Waals surface area contributed by atoms with Gasteiger partial charge in [0.25, 0.3) is 5.91 Å². The number of carbonyl (C=O) groups excluding carboxylic acids is 4. The number of anilines is 1. The molecule has 1 saturated carbocycles. The van der Waals surface area contributed by atoms with E-state index in [0.717, 1.165) is 5.56 Å². The second-order valence-corrected chi connectivity index (χ2v) is 9.65. The average molecular weight is 504 g/mol. The second kappa shape index (κ2) is 8.31. The normalized spacial score (nSPS) is 24.8. The van der Waals surface area contributed by atoms with Crippen LogP contribution in [0.4, 0.5) is 5.69 Å². The highest BCUT2D eigenvalue weighted by atomic mass is 16.3. The summed E-state index contributed by atoms with van der Waals surface area (Å²) in [7, 11) is 0. The molecule has 0 radical (unpaired) electrons. The van der Waals surface area contributed by atoms with Crippen LogP contribution in [0.2, 0.25) is 0 Å². The molecular weight excluding hydrogens is 480 g/mol. The minimum atomic E-state index is -2.59. The van der Waals surface area contributed by atoms with E-state index >= 15 is 0 Å². The number of benzene rings is 2. The fourth-order valence-corrected chi connectivity index (χ4v) is 5.83. The van der Waals surface area contributed by atoms with Gasteiger partial charge in [-0.05, 0) is 53.6 Å². The van der Waals surface area contributed by atoms with Gasteiger partial charge in [0.2, 0.25) is 11.7 Å². The first-order valence-electron chi connectivity index (χ1n) is 11.6. The Kier molecular flexibility index (Phi) is 5.45. The Bertz CT molecular complexity index is 1470. The highest BCUT2D eigenvalue weighted by Gasteiger charge is 2.60. The molecule has 10 nitrogen and oxygen atoms in total. The van der Waals surface area contributed by atoms with Crippen molar-refractivity contribution in [1.29, 1.82) is 0 Å². The molecule has 3 aliphatic carbocycles. The number of aromatic hydroxyl groups is 1. The van der Waals surface area contributed by atoms with Crippen molar-refractivity contribution < 1.29 is 39.6 Å². The molecule has 2 aromatic carbocycles. The van der Waals surface area contributed by atoms with Crippen molar-refractivity contribution >= 4 is 34.8 Å². The molecule has 0 bridgehead atoms. The van der Waals surface area contributed by atoms with Gasteiger partial charge < -0.3 is 31.5 Å². The third-order valence-corrected chi connectivity index (χ3v) is 7.46. The van der Waals surface area contributed by atoms with E-state index in [1.165, 1.54) is 13.0 Å². The summed E-state index contributed by atoms with van der Waals surface area (Å²) in [5, 5.41) is 46.5. The number of Topliss-reactive ketones (excluding diaryl/α,β-unsaturated/α-hetero) is 2. The van der Waals surface area contributed by atoms with Gasteiger partial charge in [-0.3, -0.25) is 19.2 Å². The molecule has 2 aromatic rings. The van der Waals surface area contributed by atoms with Crippen LogP contribution in [0.15, 0.2) is 53.3 Å². The first kappa shape index (κ1) is 24.3. The zero-order valence-corrected chi connectivity index (χ0v) is 19.7. The standard InChI is InChI=1S/C27H24N2O8/c1-11(30)29-15-4-2-12(3-5-15)16-6-7-18(31)21-17(16)9-13-8-14-10-19(32)22(26(28)36)25(35)27(14,37)24(34)20(13)23(21)33/h2-7,13-14,31,33,35,37H,8-10H2,1H3,(H2,28,36)(H,29,30). The molecule has 3 aliphatic rings. The minimum absolute atomic E-state index is 0.0237. The summed E-state index contributed by atoms with van der Waals surface area (Å²) in [5.74, 6) is -6.86. The van der Waals surface area contributed by atoms with Crippen molar-refractivity contribution in [3.63, 3.8) is 0 Å². The summed E-state index contributed by atoms with van der Waals surface area (Å²) in [4.78, 5) is 49.1. The lowest BCUT2D eigenvalue weighted by Gasteiger charge is -2.46. The average Bonchev–Trinajstić information content (AvgIpc) is 2.81. The molecule has 0 aromatic heterocycles. The lowest BCUT2D eigenvalue weighted by Crippen LogP contribution is -2.58. The lowest BCUT2D eigenvalue weighted by molar-refractivity contribution is -0.147. The van der Waals surface area contributed by atoms with Gasteiger partial charge in [0, 0.05) is 30.5 Å². The monoisotopic (exact) mass is 504 g/mol. The van der Waals surface area contributed by atoms with Crippen molar-refractivity contribution in [3.8, 4) is 16.9 Å². The Morgan fingerprint density at radius 1 is 1.03 bits per heavy atom. The maximum absolute atomic E-state index is 13.6. The molecule has 0 spiro atoms. The van der Waals surface area contributed by atoms with Crippen molar-refractivity contribution in [1.82, 2.24) is 0 Å². The van der Waals surface area contributed by atoms with E-state index in [1.807, 2.05) is 0 Å². The predicted molar refractivity (Wildman–Crippen MR) is 131 cm³/mol. The van der Waals surface area contributed by atoms with Gasteiger partial charge in [-0.1, -0.05) is 18.2 Å². The number of ketones is 2. The van der Waals surface area contributed by atoms with Gasteiger partial charge >= 0.3 is 0 Å². The molecule has 2 amide bonds. The number of phenolic OH excluding ortho intramolecular Hbond substituents is 1. The Morgan fingerprint density at radius 3 is 2.32 bits per heavy atom. The Hall–Kier alpha value is -4.44. The first-order valence-corrected chi connectivity index (χ1v) is 11.6. The number of fused-ring (bicyclic) bond motifs is 3. The topological polar surface area (TPSA) is 187 Å². The zero-order valence-electron chi connectivity index (χ0n) is 19.7. The molecule has 7 N–H and O–H groups in total. The summed E-state index contributed by atoms with van der Waals surface area (Å²) in [5.41, 5.74) is 4.20. The van der Waals surface area contributed by atoms with E-state index in [1.54, 1.807) is 30.3 Å². The number of nitrogens with two attached hydrogens (primary N) is 1.